The fourth-order valence-corrected chi connectivity index (χ4v) is 1.80. The molecular formula is C12H13N3O2. The van der Waals surface area contributed by atoms with Crippen molar-refractivity contribution in [2.24, 2.45) is 5.73 Å². The van der Waals surface area contributed by atoms with Crippen molar-refractivity contribution in [3.63, 3.8) is 0 Å². The maximum absolute atomic E-state index is 11.3. The molecule has 2 amide bonds. The number of aromatic nitrogens is 1. The lowest BCUT2D eigenvalue weighted by atomic mass is 10.1. The lowest BCUT2D eigenvalue weighted by Gasteiger charge is -2.08. The van der Waals surface area contributed by atoms with Gasteiger partial charge in [-0.15, -0.1) is 0 Å². The third kappa shape index (κ3) is 2.34. The molecule has 1 aromatic carbocycles. The molecule has 17 heavy (non-hydrogen) atoms. The van der Waals surface area contributed by atoms with E-state index in [9.17, 15) is 9.59 Å². The Morgan fingerprint density at radius 1 is 1.47 bits per heavy atom. The molecule has 88 valence electrons. The number of nitrogens with one attached hydrogen (secondary N) is 2. The highest BCUT2D eigenvalue weighted by Gasteiger charge is 2.15. The third-order valence-corrected chi connectivity index (χ3v) is 2.65. The molecule has 1 heterocycles. The molecular weight excluding hydrogens is 218 g/mol. The third-order valence-electron chi connectivity index (χ3n) is 2.65. The SMILES string of the molecule is N[C@@H](Cc1c[nH]c2ccccc12)C(=O)NC=O. The van der Waals surface area contributed by atoms with Gasteiger partial charge in [0.1, 0.15) is 0 Å². The summed E-state index contributed by atoms with van der Waals surface area (Å²) in [6.45, 7) is 0. The first kappa shape index (κ1) is 11.3. The van der Waals surface area contributed by atoms with Crippen LogP contribution in [0.1, 0.15) is 5.56 Å². The molecule has 0 spiro atoms. The normalized spacial score (nSPS) is 12.3. The van der Waals surface area contributed by atoms with Gasteiger partial charge >= 0.3 is 0 Å². The van der Waals surface area contributed by atoms with E-state index in [4.69, 9.17) is 5.73 Å². The summed E-state index contributed by atoms with van der Waals surface area (Å²) >= 11 is 0. The topological polar surface area (TPSA) is 88.0 Å². The van der Waals surface area contributed by atoms with E-state index in [1.807, 2.05) is 30.5 Å². The Balaban J connectivity index is 2.18. The van der Waals surface area contributed by atoms with Crippen LogP contribution in [0.15, 0.2) is 30.5 Å². The molecule has 0 aliphatic rings. The number of aromatic amines is 1. The van der Waals surface area contributed by atoms with E-state index in [1.54, 1.807) is 0 Å². The molecule has 0 aliphatic heterocycles. The van der Waals surface area contributed by atoms with Gasteiger partial charge in [-0.25, -0.2) is 0 Å². The van der Waals surface area contributed by atoms with Gasteiger partial charge in [-0.3, -0.25) is 14.9 Å². The van der Waals surface area contributed by atoms with E-state index in [1.165, 1.54) is 0 Å². The minimum Gasteiger partial charge on any atom is -0.361 e. The maximum Gasteiger partial charge on any atom is 0.243 e. The predicted octanol–water partition coefficient (Wildman–Crippen LogP) is 0.310. The number of carbonyl (C=O) groups excluding carboxylic acids is 2. The highest BCUT2D eigenvalue weighted by atomic mass is 16.2. The van der Waals surface area contributed by atoms with Gasteiger partial charge in [-0.2, -0.15) is 0 Å². The molecule has 5 nitrogen and oxygen atoms in total. The molecule has 0 saturated carbocycles. The second kappa shape index (κ2) is 4.80. The van der Waals surface area contributed by atoms with Crippen molar-refractivity contribution >= 4 is 23.2 Å². The summed E-state index contributed by atoms with van der Waals surface area (Å²) in [7, 11) is 0. The zero-order valence-electron chi connectivity index (χ0n) is 9.14. The number of nitrogens with two attached hydrogens (primary N) is 1. The number of para-hydroxylation sites is 1. The van der Waals surface area contributed by atoms with Gasteiger partial charge < -0.3 is 10.7 Å². The molecule has 0 radical (unpaired) electrons. The standard InChI is InChI=1S/C12H13N3O2/c13-10(12(17)15-7-16)5-8-6-14-11-4-2-1-3-9(8)11/h1-4,6-7,10,14H,5,13H2,(H,15,16,17)/t10-/m0/s1. The van der Waals surface area contributed by atoms with Crippen LogP contribution in [0.3, 0.4) is 0 Å². The lowest BCUT2D eigenvalue weighted by molar-refractivity contribution is -0.126. The highest BCUT2D eigenvalue weighted by molar-refractivity contribution is 5.91. The van der Waals surface area contributed by atoms with Gasteiger partial charge in [0.05, 0.1) is 6.04 Å². The van der Waals surface area contributed by atoms with E-state index < -0.39 is 11.9 Å². The molecule has 1 atom stereocenters. The van der Waals surface area contributed by atoms with E-state index >= 15 is 0 Å². The molecule has 5 heteroatoms. The van der Waals surface area contributed by atoms with Crippen molar-refractivity contribution in [3.05, 3.63) is 36.0 Å². The van der Waals surface area contributed by atoms with Gasteiger partial charge in [0.15, 0.2) is 0 Å². The van der Waals surface area contributed by atoms with Gasteiger partial charge in [0.25, 0.3) is 0 Å². The predicted molar refractivity (Wildman–Crippen MR) is 64.2 cm³/mol. The average molecular weight is 231 g/mol. The van der Waals surface area contributed by atoms with Crippen LogP contribution < -0.4 is 11.1 Å². The Hall–Kier alpha value is -2.14. The Morgan fingerprint density at radius 2 is 2.24 bits per heavy atom. The quantitative estimate of drug-likeness (QED) is 0.662. The lowest BCUT2D eigenvalue weighted by Crippen LogP contribution is -2.41. The van der Waals surface area contributed by atoms with Gasteiger partial charge in [-0.1, -0.05) is 18.2 Å². The monoisotopic (exact) mass is 231 g/mol. The summed E-state index contributed by atoms with van der Waals surface area (Å²) < 4.78 is 0. The van der Waals surface area contributed by atoms with Gasteiger partial charge in [-0.05, 0) is 18.1 Å². The number of fused-ring (bicyclic) bond motifs is 1. The molecule has 2 rings (SSSR count). The fraction of sp³-hybridized carbons (Fsp3) is 0.167. The number of imide groups is 1. The zero-order valence-corrected chi connectivity index (χ0v) is 9.14. The average Bonchev–Trinajstić information content (AvgIpc) is 2.73. The maximum atomic E-state index is 11.3. The minimum atomic E-state index is -0.723. The van der Waals surface area contributed by atoms with Crippen LogP contribution in [0.25, 0.3) is 10.9 Å². The molecule has 0 bridgehead atoms. The number of amides is 2. The van der Waals surface area contributed by atoms with Crippen molar-refractivity contribution in [2.75, 3.05) is 0 Å². The van der Waals surface area contributed by atoms with E-state index in [2.05, 4.69) is 10.3 Å². The van der Waals surface area contributed by atoms with Crippen molar-refractivity contribution in [2.45, 2.75) is 12.5 Å². The van der Waals surface area contributed by atoms with Crippen molar-refractivity contribution in [1.29, 1.82) is 0 Å². The summed E-state index contributed by atoms with van der Waals surface area (Å²) in [6.07, 6.45) is 2.57. The van der Waals surface area contributed by atoms with Crippen LogP contribution in [-0.2, 0) is 16.0 Å². The van der Waals surface area contributed by atoms with Gasteiger partial charge in [0, 0.05) is 17.1 Å². The number of hydrogen-bond acceptors (Lipinski definition) is 3. The Bertz CT molecular complexity index is 547. The Kier molecular flexibility index (Phi) is 3.20. The van der Waals surface area contributed by atoms with E-state index in [0.717, 1.165) is 16.5 Å². The summed E-state index contributed by atoms with van der Waals surface area (Å²) in [5.41, 5.74) is 7.67. The second-order valence-electron chi connectivity index (χ2n) is 3.80. The zero-order chi connectivity index (χ0) is 12.3. The second-order valence-corrected chi connectivity index (χ2v) is 3.80. The molecule has 2 aromatic rings. The number of H-pyrrole nitrogens is 1. The summed E-state index contributed by atoms with van der Waals surface area (Å²) in [4.78, 5) is 24.6. The molecule has 4 N–H and O–H groups in total. The smallest absolute Gasteiger partial charge is 0.243 e. The Labute approximate surface area is 98.0 Å². The number of hydrogen-bond donors (Lipinski definition) is 3. The largest absolute Gasteiger partial charge is 0.361 e. The molecule has 1 aromatic heterocycles. The number of rotatable bonds is 4. The molecule has 0 aliphatic carbocycles. The van der Waals surface area contributed by atoms with Crippen LogP contribution in [0.2, 0.25) is 0 Å². The van der Waals surface area contributed by atoms with E-state index in [-0.39, 0.29) is 0 Å². The van der Waals surface area contributed by atoms with Crippen LogP contribution >= 0.6 is 0 Å². The van der Waals surface area contributed by atoms with E-state index in [0.29, 0.717) is 12.8 Å². The summed E-state index contributed by atoms with van der Waals surface area (Å²) in [5, 5.41) is 3.09. The van der Waals surface area contributed by atoms with Crippen molar-refractivity contribution < 1.29 is 9.59 Å². The minimum absolute atomic E-state index is 0.345. The highest BCUT2D eigenvalue weighted by Crippen LogP contribution is 2.18. The van der Waals surface area contributed by atoms with Crippen LogP contribution in [0.4, 0.5) is 0 Å². The first-order valence-electron chi connectivity index (χ1n) is 5.27. The Morgan fingerprint density at radius 3 is 3.00 bits per heavy atom. The van der Waals surface area contributed by atoms with Crippen LogP contribution in [0.5, 0.6) is 0 Å². The van der Waals surface area contributed by atoms with Gasteiger partial charge in [0.2, 0.25) is 12.3 Å². The number of benzene rings is 1. The first-order chi connectivity index (χ1) is 8.22. The van der Waals surface area contributed by atoms with Crippen LogP contribution in [-0.4, -0.2) is 23.3 Å². The fourth-order valence-electron chi connectivity index (χ4n) is 1.80. The molecule has 0 unspecified atom stereocenters. The molecule has 0 saturated heterocycles. The van der Waals surface area contributed by atoms with Crippen LogP contribution in [0, 0.1) is 0 Å². The number of carbonyl (C=O) groups is 2. The molecule has 0 fully saturated rings. The summed E-state index contributed by atoms with van der Waals surface area (Å²) in [6, 6.07) is 7.05. The summed E-state index contributed by atoms with van der Waals surface area (Å²) in [5.74, 6) is -0.467. The van der Waals surface area contributed by atoms with Crippen molar-refractivity contribution in [3.8, 4) is 0 Å². The first-order valence-corrected chi connectivity index (χ1v) is 5.27. The van der Waals surface area contributed by atoms with Crippen molar-refractivity contribution in [1.82, 2.24) is 10.3 Å².